The summed E-state index contributed by atoms with van der Waals surface area (Å²) in [5, 5.41) is 3.41. The molecule has 0 unspecified atom stereocenters. The van der Waals surface area contributed by atoms with E-state index >= 15 is 0 Å². The third-order valence-corrected chi connectivity index (χ3v) is 3.01. The standard InChI is InChI=1S/C11H20BrN3O/c1-9(12)8-13-10-4-6-15(7-5-10)11(16)14(2)3/h10,13H,1,4-8H2,2-3H3. The molecule has 1 heterocycles. The van der Waals surface area contributed by atoms with Crippen LogP contribution < -0.4 is 5.32 Å². The maximum atomic E-state index is 11.7. The fourth-order valence-corrected chi connectivity index (χ4v) is 1.97. The molecule has 0 saturated carbocycles. The van der Waals surface area contributed by atoms with Gasteiger partial charge in [0.2, 0.25) is 0 Å². The van der Waals surface area contributed by atoms with Crippen LogP contribution in [-0.4, -0.2) is 55.6 Å². The van der Waals surface area contributed by atoms with Crippen molar-refractivity contribution in [3.05, 3.63) is 11.1 Å². The number of likely N-dealkylation sites (tertiary alicyclic amines) is 1. The van der Waals surface area contributed by atoms with Gasteiger partial charge in [-0.2, -0.15) is 0 Å². The Morgan fingerprint density at radius 1 is 1.50 bits per heavy atom. The van der Waals surface area contributed by atoms with E-state index in [1.807, 2.05) is 4.90 Å². The lowest BCUT2D eigenvalue weighted by Gasteiger charge is -2.34. The first-order valence-electron chi connectivity index (χ1n) is 5.53. The SMILES string of the molecule is C=C(Br)CNC1CCN(C(=O)N(C)C)CC1. The average molecular weight is 290 g/mol. The number of piperidine rings is 1. The first-order valence-corrected chi connectivity index (χ1v) is 6.33. The first kappa shape index (κ1) is 13.5. The molecule has 92 valence electrons. The topological polar surface area (TPSA) is 35.6 Å². The van der Waals surface area contributed by atoms with E-state index in [2.05, 4.69) is 27.8 Å². The number of carbonyl (C=O) groups is 1. The molecule has 4 nitrogen and oxygen atoms in total. The molecule has 0 bridgehead atoms. The first-order chi connectivity index (χ1) is 7.50. The van der Waals surface area contributed by atoms with Gasteiger partial charge < -0.3 is 15.1 Å². The van der Waals surface area contributed by atoms with Crippen LogP contribution in [0.15, 0.2) is 11.1 Å². The van der Waals surface area contributed by atoms with E-state index in [0.29, 0.717) is 6.04 Å². The van der Waals surface area contributed by atoms with Gasteiger partial charge in [0.25, 0.3) is 0 Å². The van der Waals surface area contributed by atoms with Gasteiger partial charge in [-0.25, -0.2) is 4.79 Å². The fraction of sp³-hybridized carbons (Fsp3) is 0.727. The maximum absolute atomic E-state index is 11.7. The molecule has 0 atom stereocenters. The van der Waals surface area contributed by atoms with Crippen molar-refractivity contribution in [3.8, 4) is 0 Å². The molecule has 1 rings (SSSR count). The van der Waals surface area contributed by atoms with Crippen molar-refractivity contribution in [2.24, 2.45) is 0 Å². The van der Waals surface area contributed by atoms with E-state index in [1.165, 1.54) is 0 Å². The third-order valence-electron chi connectivity index (χ3n) is 2.73. The Kier molecular flexibility index (Phi) is 5.28. The van der Waals surface area contributed by atoms with Gasteiger partial charge in [-0.3, -0.25) is 0 Å². The molecular formula is C11H20BrN3O. The minimum atomic E-state index is 0.114. The molecule has 1 saturated heterocycles. The number of hydrogen-bond donors (Lipinski definition) is 1. The molecule has 5 heteroatoms. The zero-order valence-electron chi connectivity index (χ0n) is 10.0. The van der Waals surface area contributed by atoms with E-state index in [1.54, 1.807) is 19.0 Å². The van der Waals surface area contributed by atoms with Crippen LogP contribution in [-0.2, 0) is 0 Å². The van der Waals surface area contributed by atoms with Gasteiger partial charge in [0.15, 0.2) is 0 Å². The normalized spacial score (nSPS) is 17.3. The highest BCUT2D eigenvalue weighted by Gasteiger charge is 2.23. The van der Waals surface area contributed by atoms with Crippen molar-refractivity contribution in [1.82, 2.24) is 15.1 Å². The number of urea groups is 1. The number of amides is 2. The Morgan fingerprint density at radius 3 is 2.50 bits per heavy atom. The average Bonchev–Trinajstić information content (AvgIpc) is 2.26. The lowest BCUT2D eigenvalue weighted by Crippen LogP contribution is -2.48. The summed E-state index contributed by atoms with van der Waals surface area (Å²) >= 11 is 3.33. The van der Waals surface area contributed by atoms with E-state index in [0.717, 1.165) is 37.0 Å². The molecule has 1 N–H and O–H groups in total. The molecule has 1 aliphatic rings. The molecule has 1 fully saturated rings. The van der Waals surface area contributed by atoms with Crippen LogP contribution >= 0.6 is 15.9 Å². The highest BCUT2D eigenvalue weighted by Crippen LogP contribution is 2.12. The van der Waals surface area contributed by atoms with Gasteiger partial charge in [-0.15, -0.1) is 0 Å². The second-order valence-electron chi connectivity index (χ2n) is 4.34. The molecule has 16 heavy (non-hydrogen) atoms. The van der Waals surface area contributed by atoms with Crippen LogP contribution in [0.1, 0.15) is 12.8 Å². The monoisotopic (exact) mass is 289 g/mol. The second kappa shape index (κ2) is 6.25. The maximum Gasteiger partial charge on any atom is 0.319 e. The predicted molar refractivity (Wildman–Crippen MR) is 69.7 cm³/mol. The zero-order chi connectivity index (χ0) is 12.1. The van der Waals surface area contributed by atoms with Crippen LogP contribution in [0.3, 0.4) is 0 Å². The van der Waals surface area contributed by atoms with Crippen molar-refractivity contribution in [2.75, 3.05) is 33.7 Å². The summed E-state index contributed by atoms with van der Waals surface area (Å²) in [7, 11) is 3.59. The number of carbonyl (C=O) groups excluding carboxylic acids is 1. The Hall–Kier alpha value is -0.550. The Morgan fingerprint density at radius 2 is 2.06 bits per heavy atom. The van der Waals surface area contributed by atoms with Crippen LogP contribution in [0.5, 0.6) is 0 Å². The summed E-state index contributed by atoms with van der Waals surface area (Å²) in [5.74, 6) is 0. The zero-order valence-corrected chi connectivity index (χ0v) is 11.6. The Labute approximate surface area is 106 Å². The van der Waals surface area contributed by atoms with Crippen molar-refractivity contribution in [1.29, 1.82) is 0 Å². The molecule has 0 aliphatic carbocycles. The van der Waals surface area contributed by atoms with Crippen molar-refractivity contribution in [2.45, 2.75) is 18.9 Å². The van der Waals surface area contributed by atoms with Crippen LogP contribution in [0, 0.1) is 0 Å². The summed E-state index contributed by atoms with van der Waals surface area (Å²) in [6, 6.07) is 0.615. The van der Waals surface area contributed by atoms with E-state index in [9.17, 15) is 4.79 Å². The van der Waals surface area contributed by atoms with Gasteiger partial charge in [0, 0.05) is 44.3 Å². The van der Waals surface area contributed by atoms with Gasteiger partial charge >= 0.3 is 6.03 Å². The van der Waals surface area contributed by atoms with E-state index in [4.69, 9.17) is 0 Å². The predicted octanol–water partition coefficient (Wildman–Crippen LogP) is 1.63. The molecule has 2 amide bonds. The van der Waals surface area contributed by atoms with Gasteiger partial charge in [0.1, 0.15) is 0 Å². The highest BCUT2D eigenvalue weighted by atomic mass is 79.9. The van der Waals surface area contributed by atoms with Gasteiger partial charge in [-0.1, -0.05) is 22.5 Å². The number of halogens is 1. The van der Waals surface area contributed by atoms with Gasteiger partial charge in [0.05, 0.1) is 0 Å². The minimum Gasteiger partial charge on any atom is -0.331 e. The summed E-state index contributed by atoms with van der Waals surface area (Å²) in [4.78, 5) is 15.2. The van der Waals surface area contributed by atoms with Gasteiger partial charge in [-0.05, 0) is 12.8 Å². The summed E-state index contributed by atoms with van der Waals surface area (Å²) in [6.07, 6.45) is 2.03. The summed E-state index contributed by atoms with van der Waals surface area (Å²) in [5.41, 5.74) is 0. The number of nitrogens with one attached hydrogen (secondary N) is 1. The molecular weight excluding hydrogens is 270 g/mol. The Bertz CT molecular complexity index is 260. The molecule has 0 aromatic carbocycles. The molecule has 0 aromatic rings. The molecule has 1 aliphatic heterocycles. The largest absolute Gasteiger partial charge is 0.331 e. The van der Waals surface area contributed by atoms with Crippen LogP contribution in [0.2, 0.25) is 0 Å². The second-order valence-corrected chi connectivity index (χ2v) is 5.46. The summed E-state index contributed by atoms with van der Waals surface area (Å²) in [6.45, 7) is 6.26. The highest BCUT2D eigenvalue weighted by molar-refractivity contribution is 9.11. The minimum absolute atomic E-state index is 0.114. The molecule has 0 radical (unpaired) electrons. The van der Waals surface area contributed by atoms with E-state index in [-0.39, 0.29) is 6.03 Å². The van der Waals surface area contributed by atoms with Crippen molar-refractivity contribution >= 4 is 22.0 Å². The third kappa shape index (κ3) is 4.14. The fourth-order valence-electron chi connectivity index (χ4n) is 1.81. The lowest BCUT2D eigenvalue weighted by atomic mass is 10.1. The van der Waals surface area contributed by atoms with Crippen LogP contribution in [0.4, 0.5) is 4.79 Å². The lowest BCUT2D eigenvalue weighted by molar-refractivity contribution is 0.153. The smallest absolute Gasteiger partial charge is 0.319 e. The van der Waals surface area contributed by atoms with Crippen LogP contribution in [0.25, 0.3) is 0 Å². The number of rotatable bonds is 3. The van der Waals surface area contributed by atoms with E-state index < -0.39 is 0 Å². The van der Waals surface area contributed by atoms with Crippen molar-refractivity contribution < 1.29 is 4.79 Å². The quantitative estimate of drug-likeness (QED) is 0.857. The number of nitrogens with zero attached hydrogens (tertiary/aromatic N) is 2. The molecule has 0 aromatic heterocycles. The summed E-state index contributed by atoms with van der Waals surface area (Å²) < 4.78 is 0.972. The molecule has 0 spiro atoms. The number of hydrogen-bond acceptors (Lipinski definition) is 2. The van der Waals surface area contributed by atoms with Crippen molar-refractivity contribution in [3.63, 3.8) is 0 Å². The Balaban J connectivity index is 2.28.